The number of pyridine rings is 1. The van der Waals surface area contributed by atoms with Crippen LogP contribution < -0.4 is 15.8 Å². The predicted octanol–water partition coefficient (Wildman–Crippen LogP) is 2.28. The van der Waals surface area contributed by atoms with E-state index >= 15 is 0 Å². The van der Waals surface area contributed by atoms with Gasteiger partial charge in [0.2, 0.25) is 10.0 Å². The van der Waals surface area contributed by atoms with Gasteiger partial charge in [-0.1, -0.05) is 0 Å². The van der Waals surface area contributed by atoms with Crippen LogP contribution in [-0.2, 0) is 14.8 Å². The molecule has 1 atom stereocenters. The minimum absolute atomic E-state index is 0.210. The first-order valence-electron chi connectivity index (χ1n) is 11.2. The van der Waals surface area contributed by atoms with E-state index in [1.165, 1.54) is 25.5 Å². The molecule has 35 heavy (non-hydrogen) atoms. The molecule has 2 aliphatic rings. The third-order valence-electron chi connectivity index (χ3n) is 6.59. The van der Waals surface area contributed by atoms with Gasteiger partial charge in [0.05, 0.1) is 35.7 Å². The summed E-state index contributed by atoms with van der Waals surface area (Å²) in [6, 6.07) is 10.8. The maximum absolute atomic E-state index is 12.4. The Kier molecular flexibility index (Phi) is 6.84. The van der Waals surface area contributed by atoms with E-state index in [9.17, 15) is 18.5 Å². The zero-order valence-corrected chi connectivity index (χ0v) is 20.7. The van der Waals surface area contributed by atoms with E-state index in [4.69, 9.17) is 4.74 Å². The molecule has 186 valence electrons. The largest absolute Gasteiger partial charge is 0.453 e. The maximum atomic E-state index is 12.4. The molecule has 1 aromatic carbocycles. The summed E-state index contributed by atoms with van der Waals surface area (Å²) in [5, 5.41) is 15.1. The Morgan fingerprint density at radius 1 is 1.29 bits per heavy atom. The lowest BCUT2D eigenvalue weighted by molar-refractivity contribution is 0.0970. The van der Waals surface area contributed by atoms with Crippen molar-refractivity contribution in [3.05, 3.63) is 48.3 Å². The number of benzene rings is 1. The molecule has 1 unspecified atom stereocenters. The Morgan fingerprint density at radius 2 is 1.97 bits per heavy atom. The van der Waals surface area contributed by atoms with Gasteiger partial charge < -0.3 is 15.0 Å². The number of hydrazine groups is 1. The summed E-state index contributed by atoms with van der Waals surface area (Å²) in [5.74, 6) is 0. The van der Waals surface area contributed by atoms with Crippen LogP contribution >= 0.6 is 0 Å². The number of nitrogens with zero attached hydrogens (tertiary/aromatic N) is 5. The molecule has 0 saturated carbocycles. The van der Waals surface area contributed by atoms with Crippen molar-refractivity contribution < 1.29 is 17.9 Å². The molecule has 3 heterocycles. The standard InChI is InChI=1S/C23H29N7O4S/c1-28(2)35(32,33)18-6-4-17(5-7-18)26-21-19-16-25-13-8-20(19)30(27-21)23(9-12-24)10-14-29(15-11-23)22(31)34-3/h4-8,13,16,21,26-27H,9-11,14-15H2,1-3H3. The molecular formula is C23H29N7O4S. The van der Waals surface area contributed by atoms with Crippen molar-refractivity contribution in [2.75, 3.05) is 44.6 Å². The lowest BCUT2D eigenvalue weighted by Gasteiger charge is -2.47. The minimum atomic E-state index is -3.52. The summed E-state index contributed by atoms with van der Waals surface area (Å²) >= 11 is 0. The van der Waals surface area contributed by atoms with Gasteiger partial charge in [0, 0.05) is 50.8 Å². The van der Waals surface area contributed by atoms with Crippen molar-refractivity contribution in [1.29, 1.82) is 5.26 Å². The number of carbonyl (C=O) groups excluding carboxylic acids is 1. The number of aromatic nitrogens is 1. The van der Waals surface area contributed by atoms with Gasteiger partial charge in [-0.05, 0) is 43.2 Å². The van der Waals surface area contributed by atoms with E-state index in [1.54, 1.807) is 41.6 Å². The highest BCUT2D eigenvalue weighted by molar-refractivity contribution is 7.89. The zero-order chi connectivity index (χ0) is 25.2. The number of hydrogen-bond acceptors (Lipinski definition) is 9. The van der Waals surface area contributed by atoms with Gasteiger partial charge in [0.15, 0.2) is 0 Å². The third kappa shape index (κ3) is 4.62. The number of anilines is 2. The number of fused-ring (bicyclic) bond motifs is 1. The van der Waals surface area contributed by atoms with Gasteiger partial charge in [0.25, 0.3) is 0 Å². The maximum Gasteiger partial charge on any atom is 0.409 e. The highest BCUT2D eigenvalue weighted by atomic mass is 32.2. The van der Waals surface area contributed by atoms with Crippen molar-refractivity contribution in [2.45, 2.75) is 35.9 Å². The van der Waals surface area contributed by atoms with Gasteiger partial charge in [0.1, 0.15) is 6.17 Å². The summed E-state index contributed by atoms with van der Waals surface area (Å²) in [6.45, 7) is 0.958. The normalized spacial score (nSPS) is 19.2. The van der Waals surface area contributed by atoms with Crippen LogP contribution in [0.3, 0.4) is 0 Å². The Balaban J connectivity index is 1.58. The van der Waals surface area contributed by atoms with Crippen LogP contribution in [-0.4, -0.2) is 68.5 Å². The quantitative estimate of drug-likeness (QED) is 0.614. The number of sulfonamides is 1. The monoisotopic (exact) mass is 499 g/mol. The first-order valence-corrected chi connectivity index (χ1v) is 12.7. The Hall–Kier alpha value is -3.40. The predicted molar refractivity (Wildman–Crippen MR) is 130 cm³/mol. The molecular weight excluding hydrogens is 470 g/mol. The second-order valence-corrected chi connectivity index (χ2v) is 11.0. The van der Waals surface area contributed by atoms with Crippen LogP contribution in [0.5, 0.6) is 0 Å². The lowest BCUT2D eigenvalue weighted by Crippen LogP contribution is -2.60. The lowest BCUT2D eigenvalue weighted by atomic mass is 9.84. The number of nitriles is 1. The molecule has 0 aliphatic carbocycles. The molecule has 0 bridgehead atoms. The first kappa shape index (κ1) is 24.7. The van der Waals surface area contributed by atoms with Gasteiger partial charge >= 0.3 is 6.09 Å². The van der Waals surface area contributed by atoms with E-state index in [2.05, 4.69) is 21.8 Å². The summed E-state index contributed by atoms with van der Waals surface area (Å²) in [5.41, 5.74) is 5.52. The number of methoxy groups -OCH3 is 1. The molecule has 0 spiro atoms. The molecule has 11 nitrogen and oxygen atoms in total. The van der Waals surface area contributed by atoms with Gasteiger partial charge in [-0.3, -0.25) is 9.99 Å². The number of nitrogens with one attached hydrogen (secondary N) is 2. The van der Waals surface area contributed by atoms with E-state index in [-0.39, 0.29) is 23.6 Å². The van der Waals surface area contributed by atoms with E-state index in [0.717, 1.165) is 16.9 Å². The average molecular weight is 500 g/mol. The Morgan fingerprint density at radius 3 is 2.57 bits per heavy atom. The van der Waals surface area contributed by atoms with Crippen LogP contribution in [0.2, 0.25) is 0 Å². The fourth-order valence-corrected chi connectivity index (χ4v) is 5.46. The fraction of sp³-hybridized carbons (Fsp3) is 0.435. The first-order chi connectivity index (χ1) is 16.7. The molecule has 12 heteroatoms. The van der Waals surface area contributed by atoms with E-state index in [0.29, 0.717) is 25.9 Å². The number of hydrogen-bond donors (Lipinski definition) is 2. The SMILES string of the molecule is COC(=O)N1CCC(CC#N)(N2NC(Nc3ccc(S(=O)(=O)N(C)C)cc3)c3cnccc32)CC1. The van der Waals surface area contributed by atoms with Crippen LogP contribution in [0.1, 0.15) is 31.0 Å². The summed E-state index contributed by atoms with van der Waals surface area (Å²) in [6.07, 6.45) is 4.23. The van der Waals surface area contributed by atoms with E-state index < -0.39 is 15.6 Å². The number of rotatable bonds is 6. The highest BCUT2D eigenvalue weighted by Crippen LogP contribution is 2.42. The molecule has 1 amide bonds. The number of ether oxygens (including phenoxy) is 1. The third-order valence-corrected chi connectivity index (χ3v) is 8.42. The Bertz CT molecular complexity index is 1220. The molecule has 1 fully saturated rings. The highest BCUT2D eigenvalue weighted by Gasteiger charge is 2.46. The van der Waals surface area contributed by atoms with Crippen LogP contribution in [0.25, 0.3) is 0 Å². The Labute approximate surface area is 205 Å². The second kappa shape index (κ2) is 9.69. The number of piperidine rings is 1. The fourth-order valence-electron chi connectivity index (χ4n) is 4.56. The molecule has 2 N–H and O–H groups in total. The van der Waals surface area contributed by atoms with Gasteiger partial charge in [-0.15, -0.1) is 0 Å². The van der Waals surface area contributed by atoms with Gasteiger partial charge in [-0.2, -0.15) is 5.26 Å². The van der Waals surface area contributed by atoms with Crippen LogP contribution in [0, 0.1) is 11.3 Å². The molecule has 1 aromatic heterocycles. The van der Waals surface area contributed by atoms with Crippen molar-refractivity contribution in [1.82, 2.24) is 19.6 Å². The summed E-state index contributed by atoms with van der Waals surface area (Å²) in [4.78, 5) is 18.1. The topological polar surface area (TPSA) is 131 Å². The van der Waals surface area contributed by atoms with Crippen LogP contribution in [0.15, 0.2) is 47.6 Å². The van der Waals surface area contributed by atoms with Gasteiger partial charge in [-0.25, -0.2) is 22.9 Å². The summed E-state index contributed by atoms with van der Waals surface area (Å²) < 4.78 is 30.8. The van der Waals surface area contributed by atoms with Crippen molar-refractivity contribution >= 4 is 27.5 Å². The number of amides is 1. The minimum Gasteiger partial charge on any atom is -0.453 e. The molecule has 2 aliphatic heterocycles. The zero-order valence-electron chi connectivity index (χ0n) is 19.9. The van der Waals surface area contributed by atoms with Crippen molar-refractivity contribution in [3.63, 3.8) is 0 Å². The molecule has 2 aromatic rings. The number of likely N-dealkylation sites (tertiary alicyclic amines) is 1. The second-order valence-electron chi connectivity index (χ2n) is 8.80. The van der Waals surface area contributed by atoms with Crippen molar-refractivity contribution in [3.8, 4) is 6.07 Å². The average Bonchev–Trinajstić information content (AvgIpc) is 3.23. The molecule has 0 radical (unpaired) electrons. The van der Waals surface area contributed by atoms with E-state index in [1.807, 2.05) is 11.1 Å². The number of carbonyl (C=O) groups is 1. The summed E-state index contributed by atoms with van der Waals surface area (Å²) in [7, 11) is 0.839. The van der Waals surface area contributed by atoms with Crippen molar-refractivity contribution in [2.24, 2.45) is 0 Å². The smallest absolute Gasteiger partial charge is 0.409 e. The van der Waals surface area contributed by atoms with Crippen LogP contribution in [0.4, 0.5) is 16.2 Å². The molecule has 4 rings (SSSR count). The molecule has 1 saturated heterocycles.